The Kier molecular flexibility index (Phi) is 8.24. The third-order valence-corrected chi connectivity index (χ3v) is 6.78. The molecule has 1 saturated heterocycles. The summed E-state index contributed by atoms with van der Waals surface area (Å²) in [5.41, 5.74) is 3.04. The van der Waals surface area contributed by atoms with Crippen molar-refractivity contribution in [1.29, 1.82) is 0 Å². The lowest BCUT2D eigenvalue weighted by Gasteiger charge is -2.24. The van der Waals surface area contributed by atoms with Crippen LogP contribution in [-0.4, -0.2) is 36.0 Å². The van der Waals surface area contributed by atoms with Gasteiger partial charge in [-0.15, -0.1) is 0 Å². The predicted octanol–water partition coefficient (Wildman–Crippen LogP) is 5.47. The number of carbonyl (C=O) groups is 3. The smallest absolute Gasteiger partial charge is 0.411 e. The quantitative estimate of drug-likeness (QED) is 0.287. The van der Waals surface area contributed by atoms with Gasteiger partial charge in [-0.05, 0) is 53.1 Å². The lowest BCUT2D eigenvalue weighted by Crippen LogP contribution is -2.46. The first-order valence-corrected chi connectivity index (χ1v) is 13.0. The number of hydrogen-bond donors (Lipinski definition) is 2. The van der Waals surface area contributed by atoms with Crippen molar-refractivity contribution in [3.8, 4) is 5.75 Å². The van der Waals surface area contributed by atoms with Gasteiger partial charge in [-0.3, -0.25) is 14.5 Å². The number of carbonyl (C=O) groups excluding carboxylic acids is 3. The standard InChI is InChI=1S/C32H28FN3O5/c1-40-27-10-6-5-9-26(27)30(37)35-25-17-13-23(14-18-25)29-28(31(38)34-19-21-7-3-2-4-8-21)36(32(39)41-29)20-22-11-15-24(33)16-12-22/h2-18,28-29H,19-20H2,1H3,(H,34,38)(H,35,37). The Labute approximate surface area is 236 Å². The number of halogens is 1. The Morgan fingerprint density at radius 3 is 2.27 bits per heavy atom. The molecule has 2 unspecified atom stereocenters. The van der Waals surface area contributed by atoms with E-state index < -0.39 is 24.1 Å². The van der Waals surface area contributed by atoms with Crippen LogP contribution in [0.2, 0.25) is 0 Å². The van der Waals surface area contributed by atoms with E-state index in [1.54, 1.807) is 60.7 Å². The molecule has 0 saturated carbocycles. The number of benzene rings is 4. The molecule has 0 aliphatic carbocycles. The molecule has 8 nitrogen and oxygen atoms in total. The van der Waals surface area contributed by atoms with Crippen molar-refractivity contribution in [1.82, 2.24) is 10.2 Å². The molecule has 41 heavy (non-hydrogen) atoms. The molecule has 4 aromatic rings. The zero-order chi connectivity index (χ0) is 28.8. The van der Waals surface area contributed by atoms with Crippen LogP contribution in [0.3, 0.4) is 0 Å². The summed E-state index contributed by atoms with van der Waals surface area (Å²) in [5, 5.41) is 5.74. The lowest BCUT2D eigenvalue weighted by molar-refractivity contribution is -0.126. The molecule has 0 bridgehead atoms. The van der Waals surface area contributed by atoms with Crippen LogP contribution in [0.5, 0.6) is 5.75 Å². The number of rotatable bonds is 9. The summed E-state index contributed by atoms with van der Waals surface area (Å²) in [7, 11) is 1.50. The molecule has 5 rings (SSSR count). The average molecular weight is 554 g/mol. The minimum atomic E-state index is -0.981. The maximum atomic E-state index is 13.5. The Morgan fingerprint density at radius 2 is 1.56 bits per heavy atom. The summed E-state index contributed by atoms with van der Waals surface area (Å²) in [4.78, 5) is 40.7. The molecule has 2 atom stereocenters. The molecule has 1 heterocycles. The van der Waals surface area contributed by atoms with E-state index >= 15 is 0 Å². The number of hydrogen-bond acceptors (Lipinski definition) is 5. The van der Waals surface area contributed by atoms with E-state index in [0.29, 0.717) is 28.1 Å². The van der Waals surface area contributed by atoms with Crippen molar-refractivity contribution < 1.29 is 28.2 Å². The van der Waals surface area contributed by atoms with Crippen LogP contribution in [-0.2, 0) is 22.6 Å². The molecule has 0 aromatic heterocycles. The minimum Gasteiger partial charge on any atom is -0.496 e. The van der Waals surface area contributed by atoms with E-state index in [1.807, 2.05) is 30.3 Å². The topological polar surface area (TPSA) is 97.0 Å². The van der Waals surface area contributed by atoms with Crippen LogP contribution in [0.4, 0.5) is 14.9 Å². The monoisotopic (exact) mass is 553 g/mol. The van der Waals surface area contributed by atoms with Gasteiger partial charge < -0.3 is 20.1 Å². The van der Waals surface area contributed by atoms with E-state index in [2.05, 4.69) is 10.6 Å². The Hall–Kier alpha value is -5.18. The molecule has 3 amide bonds. The molecular weight excluding hydrogens is 525 g/mol. The van der Waals surface area contributed by atoms with Crippen LogP contribution >= 0.6 is 0 Å². The fourth-order valence-corrected chi connectivity index (χ4v) is 4.67. The maximum absolute atomic E-state index is 13.5. The van der Waals surface area contributed by atoms with Crippen LogP contribution in [0, 0.1) is 5.82 Å². The highest BCUT2D eigenvalue weighted by molar-refractivity contribution is 6.06. The summed E-state index contributed by atoms with van der Waals surface area (Å²) in [6, 6.07) is 27.8. The SMILES string of the molecule is COc1ccccc1C(=O)Nc1ccc(C2OC(=O)N(Cc3ccc(F)cc3)C2C(=O)NCc2ccccc2)cc1. The average Bonchev–Trinajstić information content (AvgIpc) is 3.33. The van der Waals surface area contributed by atoms with E-state index in [4.69, 9.17) is 9.47 Å². The van der Waals surface area contributed by atoms with Crippen molar-refractivity contribution >= 4 is 23.6 Å². The highest BCUT2D eigenvalue weighted by atomic mass is 19.1. The summed E-state index contributed by atoms with van der Waals surface area (Å²) in [6.45, 7) is 0.335. The first-order valence-electron chi connectivity index (χ1n) is 13.0. The normalized spacial score (nSPS) is 16.1. The first kappa shape index (κ1) is 27.4. The molecule has 0 radical (unpaired) electrons. The largest absolute Gasteiger partial charge is 0.496 e. The van der Waals surface area contributed by atoms with Gasteiger partial charge in [0.1, 0.15) is 11.6 Å². The van der Waals surface area contributed by atoms with Gasteiger partial charge in [0.2, 0.25) is 5.91 Å². The van der Waals surface area contributed by atoms with Gasteiger partial charge in [0.25, 0.3) is 5.91 Å². The van der Waals surface area contributed by atoms with Crippen LogP contribution in [0.25, 0.3) is 0 Å². The van der Waals surface area contributed by atoms with Gasteiger partial charge in [0.05, 0.1) is 19.2 Å². The van der Waals surface area contributed by atoms with Crippen molar-refractivity contribution in [3.63, 3.8) is 0 Å². The number of ether oxygens (including phenoxy) is 2. The predicted molar refractivity (Wildman–Crippen MR) is 151 cm³/mol. The van der Waals surface area contributed by atoms with Gasteiger partial charge in [-0.1, -0.05) is 66.7 Å². The molecule has 1 aliphatic heterocycles. The molecule has 4 aromatic carbocycles. The van der Waals surface area contributed by atoms with E-state index in [9.17, 15) is 18.8 Å². The number of nitrogens with one attached hydrogen (secondary N) is 2. The lowest BCUT2D eigenvalue weighted by atomic mass is 10.00. The Balaban J connectivity index is 1.36. The second kappa shape index (κ2) is 12.3. The van der Waals surface area contributed by atoms with Gasteiger partial charge >= 0.3 is 6.09 Å². The molecule has 1 fully saturated rings. The Morgan fingerprint density at radius 1 is 0.878 bits per heavy atom. The number of anilines is 1. The molecular formula is C32H28FN3O5. The second-order valence-corrected chi connectivity index (χ2v) is 9.48. The van der Waals surface area contributed by atoms with E-state index in [0.717, 1.165) is 5.56 Å². The molecule has 0 spiro atoms. The van der Waals surface area contributed by atoms with Gasteiger partial charge in [-0.2, -0.15) is 0 Å². The number of cyclic esters (lactones) is 1. The second-order valence-electron chi connectivity index (χ2n) is 9.48. The summed E-state index contributed by atoms with van der Waals surface area (Å²) in [6.07, 6.45) is -1.56. The molecule has 9 heteroatoms. The number of amides is 3. The maximum Gasteiger partial charge on any atom is 0.411 e. The third kappa shape index (κ3) is 6.36. The summed E-state index contributed by atoms with van der Waals surface area (Å²) >= 11 is 0. The van der Waals surface area contributed by atoms with E-state index in [-0.39, 0.29) is 24.9 Å². The zero-order valence-corrected chi connectivity index (χ0v) is 22.3. The van der Waals surface area contributed by atoms with Crippen molar-refractivity contribution in [2.75, 3.05) is 12.4 Å². The van der Waals surface area contributed by atoms with Crippen molar-refractivity contribution in [2.45, 2.75) is 25.2 Å². The van der Waals surface area contributed by atoms with Crippen molar-refractivity contribution in [2.24, 2.45) is 0 Å². The molecule has 208 valence electrons. The summed E-state index contributed by atoms with van der Waals surface area (Å²) < 4.78 is 24.5. The fraction of sp³-hybridized carbons (Fsp3) is 0.156. The third-order valence-electron chi connectivity index (χ3n) is 6.78. The Bertz CT molecular complexity index is 1530. The first-order chi connectivity index (χ1) is 19.9. The molecule has 2 N–H and O–H groups in total. The zero-order valence-electron chi connectivity index (χ0n) is 22.3. The van der Waals surface area contributed by atoms with Crippen molar-refractivity contribution in [3.05, 3.63) is 131 Å². The number of para-hydroxylation sites is 1. The highest BCUT2D eigenvalue weighted by Gasteiger charge is 2.46. The highest BCUT2D eigenvalue weighted by Crippen LogP contribution is 2.35. The van der Waals surface area contributed by atoms with Gasteiger partial charge in [-0.25, -0.2) is 9.18 Å². The van der Waals surface area contributed by atoms with Crippen LogP contribution in [0.1, 0.15) is 33.2 Å². The summed E-state index contributed by atoms with van der Waals surface area (Å²) in [5.74, 6) is -0.678. The minimum absolute atomic E-state index is 0.0616. The number of nitrogens with zero attached hydrogens (tertiary/aromatic N) is 1. The van der Waals surface area contributed by atoms with Gasteiger partial charge in [0, 0.05) is 12.2 Å². The van der Waals surface area contributed by atoms with Crippen LogP contribution in [0.15, 0.2) is 103 Å². The van der Waals surface area contributed by atoms with E-state index in [1.165, 1.54) is 24.1 Å². The van der Waals surface area contributed by atoms with Gasteiger partial charge in [0.15, 0.2) is 12.1 Å². The molecule has 1 aliphatic rings. The van der Waals surface area contributed by atoms with Crippen LogP contribution < -0.4 is 15.4 Å². The fourth-order valence-electron chi connectivity index (χ4n) is 4.67. The number of methoxy groups -OCH3 is 1.